The highest BCUT2D eigenvalue weighted by Gasteiger charge is 2.20. The predicted molar refractivity (Wildman–Crippen MR) is 82.0 cm³/mol. The summed E-state index contributed by atoms with van der Waals surface area (Å²) in [5, 5.41) is 5.39. The van der Waals surface area contributed by atoms with Crippen molar-refractivity contribution in [3.8, 4) is 11.6 Å². The fourth-order valence-electron chi connectivity index (χ4n) is 2.26. The molecule has 4 nitrogen and oxygen atoms in total. The summed E-state index contributed by atoms with van der Waals surface area (Å²) in [5.74, 6) is 1.07. The van der Waals surface area contributed by atoms with E-state index in [0.717, 1.165) is 29.2 Å². The summed E-state index contributed by atoms with van der Waals surface area (Å²) in [5.41, 5.74) is 8.75. The highest BCUT2D eigenvalue weighted by Crippen LogP contribution is 2.30. The van der Waals surface area contributed by atoms with Crippen molar-refractivity contribution < 1.29 is 4.74 Å². The van der Waals surface area contributed by atoms with Gasteiger partial charge in [-0.1, -0.05) is 25.4 Å². The first kappa shape index (κ1) is 14.9. The number of hydrogen-bond donors (Lipinski definition) is 1. The van der Waals surface area contributed by atoms with E-state index < -0.39 is 0 Å². The van der Waals surface area contributed by atoms with Gasteiger partial charge in [0.05, 0.1) is 18.5 Å². The van der Waals surface area contributed by atoms with Crippen LogP contribution in [-0.2, 0) is 6.42 Å². The van der Waals surface area contributed by atoms with Crippen molar-refractivity contribution in [2.75, 3.05) is 13.7 Å². The number of halogens is 1. The Morgan fingerprint density at radius 2 is 1.95 bits per heavy atom. The Bertz CT molecular complexity index is 576. The summed E-state index contributed by atoms with van der Waals surface area (Å²) in [6, 6.07) is 7.54. The van der Waals surface area contributed by atoms with Crippen molar-refractivity contribution in [1.82, 2.24) is 9.78 Å². The Morgan fingerprint density at radius 1 is 1.30 bits per heavy atom. The van der Waals surface area contributed by atoms with Crippen LogP contribution in [0.3, 0.4) is 0 Å². The Morgan fingerprint density at radius 3 is 2.45 bits per heavy atom. The van der Waals surface area contributed by atoms with Crippen LogP contribution in [0.4, 0.5) is 0 Å². The van der Waals surface area contributed by atoms with E-state index in [2.05, 4.69) is 13.8 Å². The van der Waals surface area contributed by atoms with Crippen molar-refractivity contribution in [2.24, 2.45) is 5.73 Å². The molecule has 0 amide bonds. The van der Waals surface area contributed by atoms with Gasteiger partial charge in [-0.25, -0.2) is 4.68 Å². The molecule has 1 aromatic carbocycles. The molecule has 20 heavy (non-hydrogen) atoms. The summed E-state index contributed by atoms with van der Waals surface area (Å²) in [6.07, 6.45) is 0.754. The Kier molecular flexibility index (Phi) is 4.68. The fraction of sp³-hybridized carbons (Fsp3) is 0.400. The van der Waals surface area contributed by atoms with E-state index in [0.29, 0.717) is 17.5 Å². The standard InChI is InChI=1S/C15H20ClN3O/c1-10(2)14-13(8-9-17)15(20-3)19(18-14)12-6-4-11(16)5-7-12/h4-7,10H,8-9,17H2,1-3H3. The number of ether oxygens (including phenoxy) is 1. The molecule has 108 valence electrons. The molecule has 0 saturated carbocycles. The van der Waals surface area contributed by atoms with Gasteiger partial charge in [-0.05, 0) is 43.1 Å². The molecule has 2 aromatic rings. The lowest BCUT2D eigenvalue weighted by Crippen LogP contribution is -2.06. The summed E-state index contributed by atoms with van der Waals surface area (Å²) in [4.78, 5) is 0. The number of nitrogens with two attached hydrogens (primary N) is 1. The van der Waals surface area contributed by atoms with Gasteiger partial charge in [0.25, 0.3) is 0 Å². The predicted octanol–water partition coefficient (Wildman–Crippen LogP) is 3.16. The van der Waals surface area contributed by atoms with Crippen molar-refractivity contribution >= 4 is 11.6 Å². The van der Waals surface area contributed by atoms with E-state index in [1.54, 1.807) is 7.11 Å². The quantitative estimate of drug-likeness (QED) is 0.921. The van der Waals surface area contributed by atoms with Crippen LogP contribution >= 0.6 is 11.6 Å². The largest absolute Gasteiger partial charge is 0.481 e. The first-order chi connectivity index (χ1) is 9.58. The minimum absolute atomic E-state index is 0.319. The van der Waals surface area contributed by atoms with Gasteiger partial charge in [0.1, 0.15) is 0 Å². The first-order valence-electron chi connectivity index (χ1n) is 6.70. The van der Waals surface area contributed by atoms with Gasteiger partial charge < -0.3 is 10.5 Å². The zero-order valence-corrected chi connectivity index (χ0v) is 12.8. The van der Waals surface area contributed by atoms with Crippen LogP contribution in [0.2, 0.25) is 5.02 Å². The average Bonchev–Trinajstić information content (AvgIpc) is 2.79. The number of benzene rings is 1. The van der Waals surface area contributed by atoms with Gasteiger partial charge in [-0.15, -0.1) is 0 Å². The van der Waals surface area contributed by atoms with Gasteiger partial charge >= 0.3 is 0 Å². The zero-order valence-electron chi connectivity index (χ0n) is 12.1. The average molecular weight is 294 g/mol. The van der Waals surface area contributed by atoms with Crippen LogP contribution < -0.4 is 10.5 Å². The number of hydrogen-bond acceptors (Lipinski definition) is 3. The molecular formula is C15H20ClN3O. The maximum absolute atomic E-state index is 5.93. The number of rotatable bonds is 5. The van der Waals surface area contributed by atoms with Gasteiger partial charge in [-0.2, -0.15) is 5.10 Å². The van der Waals surface area contributed by atoms with Crippen LogP contribution in [0, 0.1) is 0 Å². The molecule has 5 heteroatoms. The summed E-state index contributed by atoms with van der Waals surface area (Å²) >= 11 is 5.93. The third-order valence-corrected chi connectivity index (χ3v) is 3.43. The van der Waals surface area contributed by atoms with Gasteiger partial charge in [0, 0.05) is 10.6 Å². The Balaban J connectivity index is 2.57. The van der Waals surface area contributed by atoms with Crippen molar-refractivity contribution in [3.63, 3.8) is 0 Å². The third kappa shape index (κ3) is 2.81. The van der Waals surface area contributed by atoms with Gasteiger partial charge in [0.15, 0.2) is 0 Å². The van der Waals surface area contributed by atoms with Crippen molar-refractivity contribution in [3.05, 3.63) is 40.5 Å². The number of aromatic nitrogens is 2. The Hall–Kier alpha value is -1.52. The number of methoxy groups -OCH3 is 1. The van der Waals surface area contributed by atoms with E-state index in [-0.39, 0.29) is 0 Å². The second-order valence-corrected chi connectivity index (χ2v) is 5.39. The molecule has 1 heterocycles. The lowest BCUT2D eigenvalue weighted by atomic mass is 10.0. The maximum atomic E-state index is 5.93. The third-order valence-electron chi connectivity index (χ3n) is 3.17. The van der Waals surface area contributed by atoms with Crippen molar-refractivity contribution in [1.29, 1.82) is 0 Å². The molecule has 0 aliphatic rings. The summed E-state index contributed by atoms with van der Waals surface area (Å²) in [7, 11) is 1.66. The summed E-state index contributed by atoms with van der Waals surface area (Å²) in [6.45, 7) is 4.81. The topological polar surface area (TPSA) is 53.1 Å². The summed E-state index contributed by atoms with van der Waals surface area (Å²) < 4.78 is 7.37. The SMILES string of the molecule is COc1c(CCN)c(C(C)C)nn1-c1ccc(Cl)cc1. The van der Waals surface area contributed by atoms with E-state index in [1.807, 2.05) is 28.9 Å². The highest BCUT2D eigenvalue weighted by atomic mass is 35.5. The molecule has 2 rings (SSSR count). The fourth-order valence-corrected chi connectivity index (χ4v) is 2.39. The molecule has 0 aliphatic carbocycles. The molecule has 0 spiro atoms. The monoisotopic (exact) mass is 293 g/mol. The zero-order chi connectivity index (χ0) is 14.7. The highest BCUT2D eigenvalue weighted by molar-refractivity contribution is 6.30. The molecule has 0 aliphatic heterocycles. The molecular weight excluding hydrogens is 274 g/mol. The van der Waals surface area contributed by atoms with Crippen molar-refractivity contribution in [2.45, 2.75) is 26.2 Å². The van der Waals surface area contributed by atoms with E-state index in [1.165, 1.54) is 0 Å². The van der Waals surface area contributed by atoms with Gasteiger partial charge in [0.2, 0.25) is 5.88 Å². The minimum atomic E-state index is 0.319. The molecule has 1 aromatic heterocycles. The van der Waals surface area contributed by atoms with Gasteiger partial charge in [-0.3, -0.25) is 0 Å². The van der Waals surface area contributed by atoms with Crippen LogP contribution in [-0.4, -0.2) is 23.4 Å². The molecule has 0 saturated heterocycles. The van der Waals surface area contributed by atoms with Crippen LogP contribution in [0.15, 0.2) is 24.3 Å². The molecule has 0 bridgehead atoms. The second kappa shape index (κ2) is 6.29. The first-order valence-corrected chi connectivity index (χ1v) is 7.08. The lowest BCUT2D eigenvalue weighted by molar-refractivity contribution is 0.379. The molecule has 0 atom stereocenters. The Labute approximate surface area is 124 Å². The smallest absolute Gasteiger partial charge is 0.219 e. The number of nitrogens with zero attached hydrogens (tertiary/aromatic N) is 2. The van der Waals surface area contributed by atoms with E-state index >= 15 is 0 Å². The van der Waals surface area contributed by atoms with E-state index in [4.69, 9.17) is 27.2 Å². The maximum Gasteiger partial charge on any atom is 0.219 e. The van der Waals surface area contributed by atoms with Crippen LogP contribution in [0.25, 0.3) is 5.69 Å². The van der Waals surface area contributed by atoms with Crippen LogP contribution in [0.5, 0.6) is 5.88 Å². The second-order valence-electron chi connectivity index (χ2n) is 4.95. The van der Waals surface area contributed by atoms with Crippen LogP contribution in [0.1, 0.15) is 31.0 Å². The molecule has 0 fully saturated rings. The molecule has 0 radical (unpaired) electrons. The molecule has 2 N–H and O–H groups in total. The normalized spacial score (nSPS) is 11.1. The molecule has 0 unspecified atom stereocenters. The minimum Gasteiger partial charge on any atom is -0.481 e. The lowest BCUT2D eigenvalue weighted by Gasteiger charge is -2.08. The van der Waals surface area contributed by atoms with E-state index in [9.17, 15) is 0 Å².